The van der Waals surface area contributed by atoms with Crippen LogP contribution in [0.15, 0.2) is 48.7 Å². The number of H-pyrrole nitrogens is 1. The first-order valence-electron chi connectivity index (χ1n) is 11.0. The Morgan fingerprint density at radius 1 is 1.17 bits per heavy atom. The number of nitrogens with zero attached hydrogens (tertiary/aromatic N) is 2. The minimum Gasteiger partial charge on any atom is -0.361 e. The number of nitrogens with one attached hydrogen (secondary N) is 1. The van der Waals surface area contributed by atoms with E-state index in [1.807, 2.05) is 23.1 Å². The first-order chi connectivity index (χ1) is 14.6. The van der Waals surface area contributed by atoms with E-state index in [0.717, 1.165) is 48.7 Å². The first kappa shape index (κ1) is 19.7. The predicted molar refractivity (Wildman–Crippen MR) is 123 cm³/mol. The summed E-state index contributed by atoms with van der Waals surface area (Å²) >= 11 is 6.13. The normalized spacial score (nSPS) is 20.1. The van der Waals surface area contributed by atoms with Crippen molar-refractivity contribution >= 4 is 34.1 Å². The van der Waals surface area contributed by atoms with Crippen molar-refractivity contribution in [2.45, 2.75) is 44.6 Å². The summed E-state index contributed by atoms with van der Waals surface area (Å²) in [6.45, 7) is 4.98. The lowest BCUT2D eigenvalue weighted by atomic mass is 9.89. The zero-order valence-corrected chi connectivity index (χ0v) is 18.2. The molecule has 0 radical (unpaired) electrons. The van der Waals surface area contributed by atoms with Crippen molar-refractivity contribution < 1.29 is 4.79 Å². The van der Waals surface area contributed by atoms with Crippen molar-refractivity contribution in [3.8, 4) is 0 Å². The molecule has 156 valence electrons. The number of aromatic amines is 1. The molecule has 1 saturated heterocycles. The Hall–Kier alpha value is -2.30. The summed E-state index contributed by atoms with van der Waals surface area (Å²) in [5, 5.41) is 2.08. The van der Waals surface area contributed by atoms with Gasteiger partial charge in [0.25, 0.3) is 0 Å². The average Bonchev–Trinajstić information content (AvgIpc) is 3.33. The zero-order valence-electron chi connectivity index (χ0n) is 17.4. The average molecular weight is 422 g/mol. The number of fused-ring (bicyclic) bond motifs is 2. The smallest absolute Gasteiger partial charge is 0.224 e. The summed E-state index contributed by atoms with van der Waals surface area (Å²) in [5.74, 6) is 0.753. The number of para-hydroxylation sites is 1. The lowest BCUT2D eigenvalue weighted by molar-refractivity contribution is -0.116. The van der Waals surface area contributed by atoms with Gasteiger partial charge in [-0.1, -0.05) is 35.9 Å². The highest BCUT2D eigenvalue weighted by Gasteiger charge is 2.32. The second kappa shape index (κ2) is 8.09. The molecule has 0 bridgehead atoms. The molecule has 2 aliphatic heterocycles. The Balaban J connectivity index is 1.19. The van der Waals surface area contributed by atoms with Crippen LogP contribution in [0.4, 0.5) is 5.69 Å². The highest BCUT2D eigenvalue weighted by Crippen LogP contribution is 2.36. The van der Waals surface area contributed by atoms with Crippen LogP contribution in [0, 0.1) is 0 Å². The summed E-state index contributed by atoms with van der Waals surface area (Å²) in [4.78, 5) is 20.2. The molecule has 30 heavy (non-hydrogen) atoms. The molecular weight excluding hydrogens is 394 g/mol. The van der Waals surface area contributed by atoms with E-state index in [2.05, 4.69) is 40.3 Å². The molecule has 1 atom stereocenters. The van der Waals surface area contributed by atoms with Crippen LogP contribution in [0.25, 0.3) is 10.9 Å². The maximum absolute atomic E-state index is 12.3. The molecule has 0 aliphatic carbocycles. The van der Waals surface area contributed by atoms with Gasteiger partial charge in [-0.05, 0) is 74.0 Å². The van der Waals surface area contributed by atoms with Crippen molar-refractivity contribution in [3.63, 3.8) is 0 Å². The Bertz CT molecular complexity index is 1070. The van der Waals surface area contributed by atoms with Crippen LogP contribution < -0.4 is 4.90 Å². The van der Waals surface area contributed by atoms with Crippen molar-refractivity contribution in [1.29, 1.82) is 0 Å². The van der Waals surface area contributed by atoms with Gasteiger partial charge < -0.3 is 14.8 Å². The molecule has 3 aromatic rings. The zero-order chi connectivity index (χ0) is 20.7. The van der Waals surface area contributed by atoms with Crippen molar-refractivity contribution in [2.75, 3.05) is 24.5 Å². The van der Waals surface area contributed by atoms with Gasteiger partial charge in [0, 0.05) is 47.3 Å². The third-order valence-electron chi connectivity index (χ3n) is 6.89. The molecule has 1 N–H and O–H groups in total. The highest BCUT2D eigenvalue weighted by molar-refractivity contribution is 6.31. The van der Waals surface area contributed by atoms with Crippen LogP contribution in [0.2, 0.25) is 5.02 Å². The maximum atomic E-state index is 12.3. The van der Waals surface area contributed by atoms with E-state index in [1.54, 1.807) is 6.92 Å². The fourth-order valence-electron chi connectivity index (χ4n) is 5.38. The van der Waals surface area contributed by atoms with Gasteiger partial charge in [-0.25, -0.2) is 0 Å². The molecule has 4 nitrogen and oxygen atoms in total. The van der Waals surface area contributed by atoms with E-state index in [1.165, 1.54) is 29.4 Å². The van der Waals surface area contributed by atoms with E-state index in [-0.39, 0.29) is 11.9 Å². The number of hydrogen-bond acceptors (Lipinski definition) is 2. The fraction of sp³-hybridized carbons (Fsp3) is 0.400. The van der Waals surface area contributed by atoms with E-state index < -0.39 is 0 Å². The molecule has 1 unspecified atom stereocenters. The lowest BCUT2D eigenvalue weighted by Crippen LogP contribution is -2.40. The number of amides is 1. The number of carbonyl (C=O) groups is 1. The van der Waals surface area contributed by atoms with Gasteiger partial charge in [0.2, 0.25) is 5.91 Å². The first-order valence-corrected chi connectivity index (χ1v) is 11.3. The SMILES string of the molecule is CC(=O)N1c2ccccc2CC1CCN1CCC(c2c[nH]c3cc(Cl)ccc23)CC1. The van der Waals surface area contributed by atoms with E-state index >= 15 is 0 Å². The summed E-state index contributed by atoms with van der Waals surface area (Å²) in [6, 6.07) is 14.8. The number of halogens is 1. The Morgan fingerprint density at radius 3 is 2.77 bits per heavy atom. The Morgan fingerprint density at radius 2 is 1.97 bits per heavy atom. The molecule has 1 aromatic heterocycles. The third-order valence-corrected chi connectivity index (χ3v) is 7.13. The number of aromatic nitrogens is 1. The van der Waals surface area contributed by atoms with Crippen molar-refractivity contribution in [2.24, 2.45) is 0 Å². The molecule has 2 aromatic carbocycles. The molecule has 5 rings (SSSR count). The second-order valence-corrected chi connectivity index (χ2v) is 9.15. The summed E-state index contributed by atoms with van der Waals surface area (Å²) in [5.41, 5.74) is 4.96. The minimum absolute atomic E-state index is 0.156. The maximum Gasteiger partial charge on any atom is 0.224 e. The molecule has 1 fully saturated rings. The molecule has 2 aliphatic rings. The molecular formula is C25H28ClN3O. The van der Waals surface area contributed by atoms with Crippen molar-refractivity contribution in [1.82, 2.24) is 9.88 Å². The van der Waals surface area contributed by atoms with Crippen molar-refractivity contribution in [3.05, 3.63) is 64.8 Å². The fourth-order valence-corrected chi connectivity index (χ4v) is 5.55. The number of rotatable bonds is 4. The van der Waals surface area contributed by atoms with Gasteiger partial charge in [0.05, 0.1) is 0 Å². The van der Waals surface area contributed by atoms with Crippen LogP contribution in [0.3, 0.4) is 0 Å². The number of likely N-dealkylation sites (tertiary alicyclic amines) is 1. The standard InChI is InChI=1S/C25H28ClN3O/c1-17(30)29-21(14-19-4-2-3-5-25(19)29)10-13-28-11-8-18(9-12-28)23-16-27-24-15-20(26)6-7-22(23)24/h2-7,15-16,18,21,27H,8-14H2,1H3. The molecule has 1 amide bonds. The number of hydrogen-bond donors (Lipinski definition) is 1. The number of benzene rings is 2. The van der Waals surface area contributed by atoms with Gasteiger partial charge in [0.1, 0.15) is 0 Å². The van der Waals surface area contributed by atoms with Gasteiger partial charge in [-0.15, -0.1) is 0 Å². The van der Waals surface area contributed by atoms with Crippen LogP contribution in [0.1, 0.15) is 43.2 Å². The van der Waals surface area contributed by atoms with Crippen LogP contribution in [-0.4, -0.2) is 41.5 Å². The molecule has 3 heterocycles. The highest BCUT2D eigenvalue weighted by atomic mass is 35.5. The predicted octanol–water partition coefficient (Wildman–Crippen LogP) is 5.37. The third kappa shape index (κ3) is 3.63. The number of piperidine rings is 1. The van der Waals surface area contributed by atoms with E-state index in [4.69, 9.17) is 11.6 Å². The van der Waals surface area contributed by atoms with Gasteiger partial charge in [-0.2, -0.15) is 0 Å². The second-order valence-electron chi connectivity index (χ2n) is 8.71. The summed E-state index contributed by atoms with van der Waals surface area (Å²) in [7, 11) is 0. The van der Waals surface area contributed by atoms with Crippen LogP contribution in [-0.2, 0) is 11.2 Å². The van der Waals surface area contributed by atoms with E-state index in [0.29, 0.717) is 5.92 Å². The van der Waals surface area contributed by atoms with Crippen LogP contribution >= 0.6 is 11.6 Å². The monoisotopic (exact) mass is 421 g/mol. The Labute approximate surface area is 182 Å². The van der Waals surface area contributed by atoms with Gasteiger partial charge >= 0.3 is 0 Å². The quantitative estimate of drug-likeness (QED) is 0.615. The van der Waals surface area contributed by atoms with Crippen LogP contribution in [0.5, 0.6) is 0 Å². The number of anilines is 1. The molecule has 5 heteroatoms. The molecule has 0 spiro atoms. The molecule has 0 saturated carbocycles. The van der Waals surface area contributed by atoms with E-state index in [9.17, 15) is 4.79 Å². The number of carbonyl (C=O) groups excluding carboxylic acids is 1. The Kier molecular flexibility index (Phi) is 5.30. The van der Waals surface area contributed by atoms with Gasteiger partial charge in [0.15, 0.2) is 0 Å². The minimum atomic E-state index is 0.156. The largest absolute Gasteiger partial charge is 0.361 e. The van der Waals surface area contributed by atoms with Gasteiger partial charge in [-0.3, -0.25) is 4.79 Å². The topological polar surface area (TPSA) is 39.3 Å². The summed E-state index contributed by atoms with van der Waals surface area (Å²) < 4.78 is 0. The lowest BCUT2D eigenvalue weighted by Gasteiger charge is -2.33. The summed E-state index contributed by atoms with van der Waals surface area (Å²) in [6.07, 6.45) is 6.53.